The number of benzene rings is 2. The van der Waals surface area contributed by atoms with Crippen molar-refractivity contribution < 1.29 is 22.7 Å². The van der Waals surface area contributed by atoms with Gasteiger partial charge in [-0.25, -0.2) is 13.2 Å². The molecule has 34 heavy (non-hydrogen) atoms. The minimum absolute atomic E-state index is 0.0113. The summed E-state index contributed by atoms with van der Waals surface area (Å²) < 4.78 is 32.5. The number of methoxy groups -OCH3 is 1. The standard InChI is InChI=1S/C25H27N3O5S/c1-3-14-27(18-20-10-8-19(17-26)9-11-20)24(29)21-12-15-28(16-13-21)34(31,32)23-7-5-4-6-22(23)25(30)33-2/h3-11,21H,1,12-16,18H2,2H3. The molecule has 3 rings (SSSR count). The van der Waals surface area contributed by atoms with Gasteiger partial charge in [0.25, 0.3) is 0 Å². The highest BCUT2D eigenvalue weighted by Gasteiger charge is 2.35. The molecule has 9 heteroatoms. The van der Waals surface area contributed by atoms with Gasteiger partial charge in [-0.3, -0.25) is 4.79 Å². The smallest absolute Gasteiger partial charge is 0.339 e. The Morgan fingerprint density at radius 2 is 1.82 bits per heavy atom. The summed E-state index contributed by atoms with van der Waals surface area (Å²) in [5.41, 5.74) is 1.43. The lowest BCUT2D eigenvalue weighted by Gasteiger charge is -2.33. The molecule has 2 aromatic carbocycles. The maximum Gasteiger partial charge on any atom is 0.339 e. The summed E-state index contributed by atoms with van der Waals surface area (Å²) in [6.45, 7) is 4.83. The van der Waals surface area contributed by atoms with Crippen LogP contribution in [0.4, 0.5) is 0 Å². The molecule has 8 nitrogen and oxygen atoms in total. The maximum atomic E-state index is 13.2. The van der Waals surface area contributed by atoms with E-state index < -0.39 is 16.0 Å². The fraction of sp³-hybridized carbons (Fsp3) is 0.320. The van der Waals surface area contributed by atoms with Crippen molar-refractivity contribution in [2.75, 3.05) is 26.7 Å². The van der Waals surface area contributed by atoms with Crippen molar-refractivity contribution in [2.45, 2.75) is 24.3 Å². The summed E-state index contributed by atoms with van der Waals surface area (Å²) in [5.74, 6) is -1.09. The van der Waals surface area contributed by atoms with E-state index in [4.69, 9.17) is 10.00 Å². The van der Waals surface area contributed by atoms with Gasteiger partial charge < -0.3 is 9.64 Å². The van der Waals surface area contributed by atoms with Crippen LogP contribution in [0, 0.1) is 17.2 Å². The van der Waals surface area contributed by atoms with Gasteiger partial charge in [0.15, 0.2) is 0 Å². The SMILES string of the molecule is C=CCN(Cc1ccc(C#N)cc1)C(=O)C1CCN(S(=O)(=O)c2ccccc2C(=O)OC)CC1. The van der Waals surface area contributed by atoms with Crippen LogP contribution >= 0.6 is 0 Å². The number of piperidine rings is 1. The van der Waals surface area contributed by atoms with Gasteiger partial charge in [0.2, 0.25) is 15.9 Å². The van der Waals surface area contributed by atoms with Gasteiger partial charge in [0, 0.05) is 32.1 Å². The van der Waals surface area contributed by atoms with Gasteiger partial charge in [0.05, 0.1) is 29.2 Å². The number of rotatable bonds is 8. The first kappa shape index (κ1) is 25.1. The van der Waals surface area contributed by atoms with Crippen LogP contribution in [0.2, 0.25) is 0 Å². The molecule has 0 unspecified atom stereocenters. The van der Waals surface area contributed by atoms with Crippen LogP contribution < -0.4 is 0 Å². The normalized spacial score (nSPS) is 14.7. The first-order valence-corrected chi connectivity index (χ1v) is 12.3. The summed E-state index contributed by atoms with van der Waals surface area (Å²) in [5, 5.41) is 8.96. The zero-order chi connectivity index (χ0) is 24.7. The predicted molar refractivity (Wildman–Crippen MR) is 126 cm³/mol. The summed E-state index contributed by atoms with van der Waals surface area (Å²) >= 11 is 0. The second kappa shape index (κ2) is 11.1. The van der Waals surface area contributed by atoms with Crippen LogP contribution in [0.5, 0.6) is 0 Å². The molecule has 0 spiro atoms. The highest BCUT2D eigenvalue weighted by atomic mass is 32.2. The minimum atomic E-state index is -3.92. The number of sulfonamides is 1. The van der Waals surface area contributed by atoms with Crippen LogP contribution in [0.3, 0.4) is 0 Å². The maximum absolute atomic E-state index is 13.2. The highest BCUT2D eigenvalue weighted by Crippen LogP contribution is 2.27. The zero-order valence-electron chi connectivity index (χ0n) is 19.0. The fourth-order valence-corrected chi connectivity index (χ4v) is 5.65. The summed E-state index contributed by atoms with van der Waals surface area (Å²) in [6.07, 6.45) is 2.41. The molecular weight excluding hydrogens is 454 g/mol. The zero-order valence-corrected chi connectivity index (χ0v) is 19.8. The molecule has 0 bridgehead atoms. The summed E-state index contributed by atoms with van der Waals surface area (Å²) in [4.78, 5) is 26.9. The van der Waals surface area contributed by atoms with E-state index in [0.29, 0.717) is 31.5 Å². The Kier molecular flexibility index (Phi) is 8.21. The molecule has 178 valence electrons. The van der Waals surface area contributed by atoms with E-state index >= 15 is 0 Å². The molecule has 1 fully saturated rings. The average Bonchev–Trinajstić information content (AvgIpc) is 2.88. The average molecular weight is 482 g/mol. The van der Waals surface area contributed by atoms with Crippen LogP contribution in [0.25, 0.3) is 0 Å². The topological polar surface area (TPSA) is 108 Å². The van der Waals surface area contributed by atoms with Crippen LogP contribution in [0.1, 0.15) is 34.3 Å². The van der Waals surface area contributed by atoms with Crippen LogP contribution in [0.15, 0.2) is 66.1 Å². The van der Waals surface area contributed by atoms with Crippen molar-refractivity contribution in [3.05, 3.63) is 77.9 Å². The molecular formula is C25H27N3O5S. The second-order valence-corrected chi connectivity index (χ2v) is 9.89. The monoisotopic (exact) mass is 481 g/mol. The molecule has 1 aliphatic rings. The minimum Gasteiger partial charge on any atom is -0.465 e. The Balaban J connectivity index is 1.70. The van der Waals surface area contributed by atoms with Crippen molar-refractivity contribution in [1.29, 1.82) is 5.26 Å². The number of hydrogen-bond donors (Lipinski definition) is 0. The Hall–Kier alpha value is -3.48. The largest absolute Gasteiger partial charge is 0.465 e. The third kappa shape index (κ3) is 5.53. The number of nitriles is 1. The first-order chi connectivity index (χ1) is 16.3. The second-order valence-electron chi connectivity index (χ2n) is 7.98. The molecule has 1 aliphatic heterocycles. The van der Waals surface area contributed by atoms with Crippen molar-refractivity contribution in [3.8, 4) is 6.07 Å². The molecule has 0 atom stereocenters. The molecule has 1 saturated heterocycles. The highest BCUT2D eigenvalue weighted by molar-refractivity contribution is 7.89. The van der Waals surface area contributed by atoms with E-state index in [9.17, 15) is 18.0 Å². The van der Waals surface area contributed by atoms with Gasteiger partial charge in [0.1, 0.15) is 0 Å². The van der Waals surface area contributed by atoms with Crippen molar-refractivity contribution >= 4 is 21.9 Å². The summed E-state index contributed by atoms with van der Waals surface area (Å²) in [7, 11) is -2.71. The van der Waals surface area contributed by atoms with E-state index in [1.807, 2.05) is 12.1 Å². The number of carbonyl (C=O) groups is 2. The lowest BCUT2D eigenvalue weighted by atomic mass is 9.96. The molecule has 1 amide bonds. The van der Waals surface area contributed by atoms with E-state index in [0.717, 1.165) is 5.56 Å². The molecule has 1 heterocycles. The lowest BCUT2D eigenvalue weighted by Crippen LogP contribution is -2.44. The summed E-state index contributed by atoms with van der Waals surface area (Å²) in [6, 6.07) is 15.1. The van der Waals surface area contributed by atoms with E-state index in [-0.39, 0.29) is 35.4 Å². The Labute approximate surface area is 200 Å². The van der Waals surface area contributed by atoms with E-state index in [2.05, 4.69) is 12.6 Å². The third-order valence-electron chi connectivity index (χ3n) is 5.83. The lowest BCUT2D eigenvalue weighted by molar-refractivity contribution is -0.136. The van der Waals surface area contributed by atoms with Crippen molar-refractivity contribution in [1.82, 2.24) is 9.21 Å². The molecule has 2 aromatic rings. The van der Waals surface area contributed by atoms with Crippen molar-refractivity contribution in [2.24, 2.45) is 5.92 Å². The van der Waals surface area contributed by atoms with Gasteiger partial charge in [-0.05, 0) is 42.7 Å². The Morgan fingerprint density at radius 3 is 2.41 bits per heavy atom. The van der Waals surface area contributed by atoms with Crippen LogP contribution in [-0.4, -0.2) is 56.2 Å². The predicted octanol–water partition coefficient (Wildman–Crippen LogP) is 2.96. The molecule has 0 aromatic heterocycles. The van der Waals surface area contributed by atoms with Crippen LogP contribution in [-0.2, 0) is 26.1 Å². The third-order valence-corrected chi connectivity index (χ3v) is 7.79. The van der Waals surface area contributed by atoms with Crippen molar-refractivity contribution in [3.63, 3.8) is 0 Å². The number of hydrogen-bond acceptors (Lipinski definition) is 6. The quantitative estimate of drug-likeness (QED) is 0.424. The Morgan fingerprint density at radius 1 is 1.18 bits per heavy atom. The number of amides is 1. The van der Waals surface area contributed by atoms with Gasteiger partial charge in [-0.1, -0.05) is 30.3 Å². The number of esters is 1. The van der Waals surface area contributed by atoms with Gasteiger partial charge >= 0.3 is 5.97 Å². The first-order valence-electron chi connectivity index (χ1n) is 10.9. The number of nitrogens with zero attached hydrogens (tertiary/aromatic N) is 3. The number of ether oxygens (including phenoxy) is 1. The van der Waals surface area contributed by atoms with E-state index in [1.165, 1.54) is 23.5 Å². The van der Waals surface area contributed by atoms with E-state index in [1.54, 1.807) is 35.2 Å². The van der Waals surface area contributed by atoms with Gasteiger partial charge in [-0.15, -0.1) is 6.58 Å². The van der Waals surface area contributed by atoms with Gasteiger partial charge in [-0.2, -0.15) is 9.57 Å². The fourth-order valence-electron chi connectivity index (χ4n) is 4.00. The number of carbonyl (C=O) groups excluding carboxylic acids is 2. The molecule has 0 aliphatic carbocycles. The Bertz CT molecular complexity index is 1190. The molecule has 0 saturated carbocycles. The molecule has 0 radical (unpaired) electrons. The molecule has 0 N–H and O–H groups in total.